The van der Waals surface area contributed by atoms with Crippen molar-refractivity contribution in [1.82, 2.24) is 0 Å². The van der Waals surface area contributed by atoms with Gasteiger partial charge in [-0.15, -0.1) is 0 Å². The van der Waals surface area contributed by atoms with Crippen molar-refractivity contribution in [2.75, 3.05) is 13.2 Å². The molecule has 0 amide bonds. The number of nitrogens with two attached hydrogens (primary N) is 1. The smallest absolute Gasteiger partial charge is 0.395 e. The Hall–Kier alpha value is -0.225. The molecule has 0 bridgehead atoms. The summed E-state index contributed by atoms with van der Waals surface area (Å²) in [5.41, 5.74) is 4.78. The summed E-state index contributed by atoms with van der Waals surface area (Å²) in [6.45, 7) is 0.472. The maximum atomic E-state index is 9.67. The van der Waals surface area contributed by atoms with Gasteiger partial charge >= 0.3 is 7.54 Å². The zero-order chi connectivity index (χ0) is 6.99. The molecule has 0 saturated carbocycles. The van der Waals surface area contributed by atoms with Gasteiger partial charge in [0.25, 0.3) is 0 Å². The minimum atomic E-state index is -3.67. The molecule has 0 radical (unpaired) electrons. The van der Waals surface area contributed by atoms with Gasteiger partial charge in [-0.3, -0.25) is 12.9 Å². The SMILES string of the molecule is FB(F)F.NCCO. The van der Waals surface area contributed by atoms with Crippen LogP contribution in [0, 0.1) is 0 Å². The third kappa shape index (κ3) is 219. The van der Waals surface area contributed by atoms with Crippen LogP contribution in [0.3, 0.4) is 0 Å². The average molecular weight is 129 g/mol. The summed E-state index contributed by atoms with van der Waals surface area (Å²) in [5.74, 6) is 0. The van der Waals surface area contributed by atoms with Gasteiger partial charge in [0.2, 0.25) is 0 Å². The second-order valence-electron chi connectivity index (χ2n) is 0.760. The van der Waals surface area contributed by atoms with Gasteiger partial charge in [-0.2, -0.15) is 0 Å². The van der Waals surface area contributed by atoms with Gasteiger partial charge in [-0.1, -0.05) is 0 Å². The average Bonchev–Trinajstić information content (AvgIpc) is 1.65. The van der Waals surface area contributed by atoms with E-state index in [-0.39, 0.29) is 6.61 Å². The van der Waals surface area contributed by atoms with Gasteiger partial charge in [0.1, 0.15) is 0 Å². The fourth-order valence-corrected chi connectivity index (χ4v) is 0. The Morgan fingerprint density at radius 2 is 1.50 bits per heavy atom. The highest BCUT2D eigenvalue weighted by Gasteiger charge is 2.06. The quantitative estimate of drug-likeness (QED) is 0.482. The molecule has 0 fully saturated rings. The van der Waals surface area contributed by atoms with E-state index in [0.29, 0.717) is 6.54 Å². The Kier molecular flexibility index (Phi) is 13.3. The zero-order valence-electron chi connectivity index (χ0n) is 4.15. The van der Waals surface area contributed by atoms with Gasteiger partial charge in [-0.05, 0) is 0 Å². The van der Waals surface area contributed by atoms with Crippen molar-refractivity contribution >= 4 is 7.54 Å². The van der Waals surface area contributed by atoms with E-state index in [9.17, 15) is 12.9 Å². The molecular weight excluding hydrogens is 122 g/mol. The second-order valence-corrected chi connectivity index (χ2v) is 0.760. The topological polar surface area (TPSA) is 46.2 Å². The van der Waals surface area contributed by atoms with Gasteiger partial charge in [-0.25, -0.2) is 0 Å². The van der Waals surface area contributed by atoms with Crippen LogP contribution in [0.15, 0.2) is 0 Å². The molecule has 0 aliphatic carbocycles. The van der Waals surface area contributed by atoms with Crippen LogP contribution in [0.1, 0.15) is 0 Å². The molecule has 3 N–H and O–H groups in total. The van der Waals surface area contributed by atoms with E-state index in [1.54, 1.807) is 0 Å². The Morgan fingerprint density at radius 1 is 1.38 bits per heavy atom. The summed E-state index contributed by atoms with van der Waals surface area (Å²) in [7, 11) is -3.67. The third-order valence-electron chi connectivity index (χ3n) is 0.129. The van der Waals surface area contributed by atoms with Crippen molar-refractivity contribution in [1.29, 1.82) is 0 Å². The Labute approximate surface area is 45.7 Å². The second kappa shape index (κ2) is 9.91. The molecule has 0 unspecified atom stereocenters. The van der Waals surface area contributed by atoms with Crippen molar-refractivity contribution in [2.24, 2.45) is 5.73 Å². The first-order valence-electron chi connectivity index (χ1n) is 1.88. The van der Waals surface area contributed by atoms with Crippen LogP contribution in [0.5, 0.6) is 0 Å². The molecule has 0 atom stereocenters. The van der Waals surface area contributed by atoms with Gasteiger partial charge in [0.05, 0.1) is 6.61 Å². The fourth-order valence-electron chi connectivity index (χ4n) is 0. The van der Waals surface area contributed by atoms with E-state index >= 15 is 0 Å². The van der Waals surface area contributed by atoms with Crippen molar-refractivity contribution in [2.45, 2.75) is 0 Å². The van der Waals surface area contributed by atoms with Crippen molar-refractivity contribution in [3.63, 3.8) is 0 Å². The highest BCUT2D eigenvalue weighted by atomic mass is 19.4. The lowest BCUT2D eigenvalue weighted by molar-refractivity contribution is 0.306. The fraction of sp³-hybridized carbons (Fsp3) is 1.00. The van der Waals surface area contributed by atoms with E-state index in [4.69, 9.17) is 10.8 Å². The van der Waals surface area contributed by atoms with Crippen LogP contribution in [0.4, 0.5) is 12.9 Å². The number of aliphatic hydroxyl groups excluding tert-OH is 1. The minimum Gasteiger partial charge on any atom is -0.395 e. The van der Waals surface area contributed by atoms with E-state index in [0.717, 1.165) is 0 Å². The maximum absolute atomic E-state index is 9.67. The Balaban J connectivity index is 0. The summed E-state index contributed by atoms with van der Waals surface area (Å²) in [4.78, 5) is 0. The molecule has 0 aromatic rings. The highest BCUT2D eigenvalue weighted by Crippen LogP contribution is 1.80. The van der Waals surface area contributed by atoms with Crippen LogP contribution >= 0.6 is 0 Å². The first-order chi connectivity index (χ1) is 3.65. The highest BCUT2D eigenvalue weighted by molar-refractivity contribution is 6.33. The number of hydrogen-bond donors (Lipinski definition) is 2. The lowest BCUT2D eigenvalue weighted by Gasteiger charge is -1.71. The van der Waals surface area contributed by atoms with Crippen LogP contribution in [0.25, 0.3) is 0 Å². The van der Waals surface area contributed by atoms with E-state index in [1.165, 1.54) is 0 Å². The standard InChI is InChI=1S/C2H7NO.BF3/c3-1-2-4;2-1(3)4/h4H,1-3H2;. The predicted octanol–water partition coefficient (Wildman–Crippen LogP) is -0.183. The molecule has 0 rings (SSSR count). The molecule has 8 heavy (non-hydrogen) atoms. The first kappa shape index (κ1) is 10.7. The Bertz CT molecular complexity index is 33.7. The van der Waals surface area contributed by atoms with E-state index in [2.05, 4.69) is 0 Å². The third-order valence-corrected chi connectivity index (χ3v) is 0.129. The minimum absolute atomic E-state index is 0.0972. The van der Waals surface area contributed by atoms with E-state index in [1.807, 2.05) is 0 Å². The summed E-state index contributed by atoms with van der Waals surface area (Å²) < 4.78 is 29.0. The summed E-state index contributed by atoms with van der Waals surface area (Å²) in [5, 5.41) is 7.75. The van der Waals surface area contributed by atoms with Crippen molar-refractivity contribution < 1.29 is 18.1 Å². The largest absolute Gasteiger partial charge is 0.762 e. The number of hydrogen-bond acceptors (Lipinski definition) is 2. The molecular formula is C2H7BF3NO. The molecule has 50 valence electrons. The zero-order valence-corrected chi connectivity index (χ0v) is 4.15. The van der Waals surface area contributed by atoms with Crippen LogP contribution < -0.4 is 5.73 Å². The van der Waals surface area contributed by atoms with E-state index < -0.39 is 7.54 Å². The lowest BCUT2D eigenvalue weighted by atomic mass is 10.5. The van der Waals surface area contributed by atoms with Crippen molar-refractivity contribution in [3.05, 3.63) is 0 Å². The molecule has 2 nitrogen and oxygen atoms in total. The molecule has 0 aliphatic rings. The Morgan fingerprint density at radius 3 is 1.50 bits per heavy atom. The molecule has 0 aliphatic heterocycles. The summed E-state index contributed by atoms with van der Waals surface area (Å²) in [6, 6.07) is 0. The maximum Gasteiger partial charge on any atom is 0.762 e. The van der Waals surface area contributed by atoms with Crippen LogP contribution in [-0.2, 0) is 0 Å². The molecule has 0 spiro atoms. The van der Waals surface area contributed by atoms with Crippen molar-refractivity contribution in [3.8, 4) is 0 Å². The van der Waals surface area contributed by atoms with Crippen LogP contribution in [0.2, 0.25) is 0 Å². The molecule has 0 aromatic carbocycles. The lowest BCUT2D eigenvalue weighted by Crippen LogP contribution is -2.02. The monoisotopic (exact) mass is 129 g/mol. The molecule has 6 heteroatoms. The normalized spacial score (nSPS) is 7.12. The molecule has 0 heterocycles. The first-order valence-corrected chi connectivity index (χ1v) is 1.88. The summed E-state index contributed by atoms with van der Waals surface area (Å²) >= 11 is 0. The predicted molar refractivity (Wildman–Crippen MR) is 25.2 cm³/mol. The molecule has 0 saturated heterocycles. The van der Waals surface area contributed by atoms with Gasteiger partial charge in [0, 0.05) is 6.54 Å². The van der Waals surface area contributed by atoms with Gasteiger partial charge in [0.15, 0.2) is 0 Å². The summed E-state index contributed by atoms with van der Waals surface area (Å²) in [6.07, 6.45) is 0. The number of halogens is 3. The molecule has 0 aromatic heterocycles. The van der Waals surface area contributed by atoms with Crippen LogP contribution in [-0.4, -0.2) is 25.8 Å². The number of rotatable bonds is 1. The number of aliphatic hydroxyl groups is 1. The van der Waals surface area contributed by atoms with Gasteiger partial charge < -0.3 is 10.8 Å².